The summed E-state index contributed by atoms with van der Waals surface area (Å²) in [6, 6.07) is 5.35. The molecule has 1 atom stereocenters. The van der Waals surface area contributed by atoms with E-state index in [-0.39, 0.29) is 18.2 Å². The number of ether oxygens (including phenoxy) is 2. The molecule has 0 bridgehead atoms. The van der Waals surface area contributed by atoms with Crippen LogP contribution in [0.2, 0.25) is 0 Å². The van der Waals surface area contributed by atoms with Crippen molar-refractivity contribution in [3.8, 4) is 5.75 Å². The molecule has 3 rings (SSSR count). The van der Waals surface area contributed by atoms with Gasteiger partial charge in [-0.1, -0.05) is 31.9 Å². The third kappa shape index (κ3) is 3.06. The monoisotopic (exact) mass is 472 g/mol. The molecule has 0 saturated heterocycles. The minimum atomic E-state index is -0.610. The van der Waals surface area contributed by atoms with E-state index in [0.29, 0.717) is 28.8 Å². The maximum absolute atomic E-state index is 12.8. The predicted octanol–water partition coefficient (Wildman–Crippen LogP) is 4.19. The largest absolute Gasteiger partial charge is 0.497 e. The Hall–Kier alpha value is -1.54. The number of hydrogen-bond acceptors (Lipinski definition) is 4. The van der Waals surface area contributed by atoms with Crippen LogP contribution in [-0.2, 0) is 9.53 Å². The molecule has 1 fully saturated rings. The normalized spacial score (nSPS) is 21.0. The van der Waals surface area contributed by atoms with Crippen LogP contribution in [0.5, 0.6) is 5.75 Å². The standard InChI is InChI=1S/C17H18Br2N2O4/c1-4-25-14(22)13-12(21-15(23)16(2)8-17(16,18)19)10-7-9(24-3)5-6-11(10)20-13/h5-7,20H,4,8H2,1-3H3,(H,21,23). The number of carbonyl (C=O) groups excluding carboxylic acids is 2. The van der Waals surface area contributed by atoms with Gasteiger partial charge in [0.15, 0.2) is 0 Å². The molecule has 6 nitrogen and oxygen atoms in total. The highest BCUT2D eigenvalue weighted by atomic mass is 79.9. The van der Waals surface area contributed by atoms with Crippen molar-refractivity contribution in [3.05, 3.63) is 23.9 Å². The van der Waals surface area contributed by atoms with E-state index in [4.69, 9.17) is 9.47 Å². The minimum Gasteiger partial charge on any atom is -0.497 e. The molecule has 1 aliphatic carbocycles. The molecule has 25 heavy (non-hydrogen) atoms. The highest BCUT2D eigenvalue weighted by Crippen LogP contribution is 2.66. The quantitative estimate of drug-likeness (QED) is 0.504. The van der Waals surface area contributed by atoms with Crippen LogP contribution in [-0.4, -0.2) is 33.8 Å². The molecule has 2 N–H and O–H groups in total. The lowest BCUT2D eigenvalue weighted by Gasteiger charge is -2.14. The predicted molar refractivity (Wildman–Crippen MR) is 103 cm³/mol. The SMILES string of the molecule is CCOC(=O)c1[nH]c2ccc(OC)cc2c1NC(=O)C1(C)CC1(Br)Br. The van der Waals surface area contributed by atoms with Crippen molar-refractivity contribution >= 4 is 60.3 Å². The van der Waals surface area contributed by atoms with Crippen molar-refractivity contribution in [2.24, 2.45) is 5.41 Å². The fourth-order valence-electron chi connectivity index (χ4n) is 2.68. The number of methoxy groups -OCH3 is 1. The Morgan fingerprint density at radius 3 is 2.60 bits per heavy atom. The molecule has 1 aromatic heterocycles. The first-order chi connectivity index (χ1) is 11.7. The number of anilines is 1. The molecule has 1 amide bonds. The summed E-state index contributed by atoms with van der Waals surface area (Å²) in [5, 5.41) is 3.59. The maximum Gasteiger partial charge on any atom is 0.356 e. The van der Waals surface area contributed by atoms with Gasteiger partial charge in [-0.25, -0.2) is 4.79 Å². The highest BCUT2D eigenvalue weighted by Gasteiger charge is 2.66. The second kappa shape index (κ2) is 6.32. The van der Waals surface area contributed by atoms with Crippen LogP contribution in [0.25, 0.3) is 10.9 Å². The number of aromatic nitrogens is 1. The van der Waals surface area contributed by atoms with E-state index >= 15 is 0 Å². The molecule has 1 heterocycles. The molecule has 2 aromatic rings. The summed E-state index contributed by atoms with van der Waals surface area (Å²) in [4.78, 5) is 28.1. The maximum atomic E-state index is 12.8. The van der Waals surface area contributed by atoms with Crippen molar-refractivity contribution in [3.63, 3.8) is 0 Å². The summed E-state index contributed by atoms with van der Waals surface area (Å²) in [6.45, 7) is 3.83. The molecular weight excluding hydrogens is 456 g/mol. The van der Waals surface area contributed by atoms with Gasteiger partial charge in [0, 0.05) is 10.9 Å². The van der Waals surface area contributed by atoms with Gasteiger partial charge in [0.05, 0.1) is 28.1 Å². The number of fused-ring (bicyclic) bond motifs is 1. The Balaban J connectivity index is 2.05. The Morgan fingerprint density at radius 1 is 1.36 bits per heavy atom. The number of alkyl halides is 2. The van der Waals surface area contributed by atoms with Crippen molar-refractivity contribution in [1.82, 2.24) is 4.98 Å². The van der Waals surface area contributed by atoms with Crippen molar-refractivity contribution in [2.75, 3.05) is 19.0 Å². The van der Waals surface area contributed by atoms with Gasteiger partial charge in [-0.05, 0) is 38.5 Å². The van der Waals surface area contributed by atoms with Gasteiger partial charge in [0.25, 0.3) is 0 Å². The first kappa shape index (κ1) is 18.3. The Labute approximate surface area is 161 Å². The van der Waals surface area contributed by atoms with E-state index < -0.39 is 14.6 Å². The van der Waals surface area contributed by atoms with Crippen LogP contribution in [0.4, 0.5) is 5.69 Å². The van der Waals surface area contributed by atoms with Crippen LogP contribution < -0.4 is 10.1 Å². The van der Waals surface area contributed by atoms with Gasteiger partial charge in [-0.3, -0.25) is 4.79 Å². The second-order valence-electron chi connectivity index (χ2n) is 6.17. The highest BCUT2D eigenvalue weighted by molar-refractivity contribution is 9.25. The zero-order chi connectivity index (χ0) is 18.4. The van der Waals surface area contributed by atoms with Crippen molar-refractivity contribution in [2.45, 2.75) is 23.5 Å². The average molecular weight is 474 g/mol. The molecule has 134 valence electrons. The number of nitrogens with one attached hydrogen (secondary N) is 2. The molecule has 0 aliphatic heterocycles. The Bertz CT molecular complexity index is 862. The third-order valence-electron chi connectivity index (χ3n) is 4.48. The number of amides is 1. The van der Waals surface area contributed by atoms with Crippen molar-refractivity contribution in [1.29, 1.82) is 0 Å². The summed E-state index contributed by atoms with van der Waals surface area (Å²) in [5.41, 5.74) is 0.726. The fraction of sp³-hybridized carbons (Fsp3) is 0.412. The lowest BCUT2D eigenvalue weighted by Crippen LogP contribution is -2.26. The fourth-order valence-corrected chi connectivity index (χ4v) is 4.16. The van der Waals surface area contributed by atoms with E-state index in [2.05, 4.69) is 42.2 Å². The lowest BCUT2D eigenvalue weighted by molar-refractivity contribution is -0.120. The number of benzene rings is 1. The Morgan fingerprint density at radius 2 is 2.04 bits per heavy atom. The summed E-state index contributed by atoms with van der Waals surface area (Å²) < 4.78 is 9.94. The minimum absolute atomic E-state index is 0.185. The molecule has 8 heteroatoms. The summed E-state index contributed by atoms with van der Waals surface area (Å²) in [6.07, 6.45) is 0.645. The zero-order valence-electron chi connectivity index (χ0n) is 14.0. The van der Waals surface area contributed by atoms with Crippen LogP contribution >= 0.6 is 31.9 Å². The van der Waals surface area contributed by atoms with Crippen LogP contribution in [0, 0.1) is 5.41 Å². The van der Waals surface area contributed by atoms with E-state index in [1.54, 1.807) is 32.2 Å². The van der Waals surface area contributed by atoms with E-state index in [9.17, 15) is 9.59 Å². The van der Waals surface area contributed by atoms with Gasteiger partial charge in [-0.2, -0.15) is 0 Å². The smallest absolute Gasteiger partial charge is 0.356 e. The number of hydrogen-bond donors (Lipinski definition) is 2. The van der Waals surface area contributed by atoms with E-state index in [1.807, 2.05) is 6.92 Å². The summed E-state index contributed by atoms with van der Waals surface area (Å²) in [7, 11) is 1.56. The van der Waals surface area contributed by atoms with Crippen LogP contribution in [0.3, 0.4) is 0 Å². The molecular formula is C17H18Br2N2O4. The zero-order valence-corrected chi connectivity index (χ0v) is 17.2. The third-order valence-corrected chi connectivity index (χ3v) is 6.79. The molecule has 1 unspecified atom stereocenters. The first-order valence-corrected chi connectivity index (χ1v) is 9.38. The van der Waals surface area contributed by atoms with E-state index in [1.165, 1.54) is 0 Å². The molecule has 0 radical (unpaired) electrons. The van der Waals surface area contributed by atoms with Gasteiger partial charge in [0.2, 0.25) is 5.91 Å². The van der Waals surface area contributed by atoms with Crippen LogP contribution in [0.15, 0.2) is 18.2 Å². The van der Waals surface area contributed by atoms with Gasteiger partial charge in [0.1, 0.15) is 11.4 Å². The van der Waals surface area contributed by atoms with Gasteiger partial charge >= 0.3 is 5.97 Å². The lowest BCUT2D eigenvalue weighted by atomic mass is 10.1. The molecule has 1 saturated carbocycles. The number of carbonyl (C=O) groups is 2. The number of rotatable bonds is 5. The van der Waals surface area contributed by atoms with Crippen LogP contribution in [0.1, 0.15) is 30.8 Å². The number of esters is 1. The number of H-pyrrole nitrogens is 1. The first-order valence-electron chi connectivity index (χ1n) is 7.79. The van der Waals surface area contributed by atoms with E-state index in [0.717, 1.165) is 0 Å². The summed E-state index contributed by atoms with van der Waals surface area (Å²) >= 11 is 6.99. The second-order valence-corrected chi connectivity index (χ2v) is 9.95. The number of halogens is 2. The van der Waals surface area contributed by atoms with Gasteiger partial charge in [-0.15, -0.1) is 0 Å². The molecule has 0 spiro atoms. The number of aromatic amines is 1. The van der Waals surface area contributed by atoms with Gasteiger partial charge < -0.3 is 19.8 Å². The molecule has 1 aromatic carbocycles. The summed E-state index contributed by atoms with van der Waals surface area (Å²) in [5.74, 6) is -0.0706. The molecule has 1 aliphatic rings. The average Bonchev–Trinajstić information content (AvgIpc) is 2.92. The topological polar surface area (TPSA) is 80.4 Å². The Kier molecular flexibility index (Phi) is 4.61. The van der Waals surface area contributed by atoms with Crippen molar-refractivity contribution < 1.29 is 19.1 Å².